The predicted octanol–water partition coefficient (Wildman–Crippen LogP) is -3.98. The molecule has 94 valence electrons. The van der Waals surface area contributed by atoms with Crippen molar-refractivity contribution in [2.24, 2.45) is 5.73 Å². The molecule has 0 saturated carbocycles. The summed E-state index contributed by atoms with van der Waals surface area (Å²) in [6.45, 7) is 0.126. The van der Waals surface area contributed by atoms with Gasteiger partial charge < -0.3 is 30.3 Å². The fourth-order valence-corrected chi connectivity index (χ4v) is 1.56. The summed E-state index contributed by atoms with van der Waals surface area (Å²) >= 11 is 0. The van der Waals surface area contributed by atoms with Gasteiger partial charge in [0.15, 0.2) is 5.78 Å². The van der Waals surface area contributed by atoms with Gasteiger partial charge in [-0.2, -0.15) is 0 Å². The Kier molecular flexibility index (Phi) is 3.37. The molecule has 1 heterocycles. The molecule has 0 radical (unpaired) electrons. The lowest BCUT2D eigenvalue weighted by atomic mass is 9.85. The minimum Gasteiger partial charge on any atom is -0.394 e. The summed E-state index contributed by atoms with van der Waals surface area (Å²) in [4.78, 5) is 11.2. The highest BCUT2D eigenvalue weighted by Crippen LogP contribution is 2.33. The Morgan fingerprint density at radius 1 is 1.44 bits per heavy atom. The Morgan fingerprint density at radius 3 is 2.31 bits per heavy atom. The van der Waals surface area contributed by atoms with E-state index in [9.17, 15) is 25.2 Å². The van der Waals surface area contributed by atoms with E-state index in [1.807, 2.05) is 0 Å². The summed E-state index contributed by atoms with van der Waals surface area (Å²) in [6.07, 6.45) is -5.18. The Labute approximate surface area is 90.9 Å². The molecule has 0 spiro atoms. The monoisotopic (exact) mass is 237 g/mol. The summed E-state index contributed by atoms with van der Waals surface area (Å²) < 4.78 is 4.65. The van der Waals surface area contributed by atoms with Crippen molar-refractivity contribution in [1.29, 1.82) is 0 Å². The molecule has 0 aromatic rings. The van der Waals surface area contributed by atoms with Gasteiger partial charge >= 0.3 is 0 Å². The van der Waals surface area contributed by atoms with Crippen molar-refractivity contribution in [2.75, 3.05) is 6.61 Å². The van der Waals surface area contributed by atoms with E-state index in [1.54, 1.807) is 0 Å². The molecular weight excluding hydrogens is 222 g/mol. The van der Waals surface area contributed by atoms with Crippen LogP contribution in [-0.2, 0) is 9.53 Å². The molecule has 16 heavy (non-hydrogen) atoms. The molecule has 5 atom stereocenters. The van der Waals surface area contributed by atoms with Crippen LogP contribution >= 0.6 is 0 Å². The number of carbonyl (C=O) groups is 1. The molecule has 7 N–H and O–H groups in total. The molecule has 0 aromatic heterocycles. The number of ether oxygens (including phenoxy) is 1. The van der Waals surface area contributed by atoms with Crippen molar-refractivity contribution in [3.8, 4) is 0 Å². The van der Waals surface area contributed by atoms with E-state index in [0.717, 1.165) is 6.92 Å². The summed E-state index contributed by atoms with van der Waals surface area (Å²) in [7, 11) is 0. The molecule has 1 aliphatic rings. The topological polar surface area (TPSA) is 153 Å². The van der Waals surface area contributed by atoms with Crippen molar-refractivity contribution in [1.82, 2.24) is 0 Å². The number of aliphatic hydroxyl groups excluding tert-OH is 3. The number of aliphatic hydroxyl groups is 5. The van der Waals surface area contributed by atoms with Crippen molar-refractivity contribution in [3.05, 3.63) is 0 Å². The first kappa shape index (κ1) is 13.5. The van der Waals surface area contributed by atoms with E-state index in [0.29, 0.717) is 0 Å². The van der Waals surface area contributed by atoms with Crippen LogP contribution in [0.15, 0.2) is 0 Å². The maximum absolute atomic E-state index is 11.2. The molecule has 0 amide bonds. The molecule has 1 fully saturated rings. The maximum atomic E-state index is 11.2. The average Bonchev–Trinajstić information content (AvgIpc) is 2.21. The molecule has 0 bridgehead atoms. The van der Waals surface area contributed by atoms with Crippen LogP contribution in [0.5, 0.6) is 0 Å². The van der Waals surface area contributed by atoms with Crippen molar-refractivity contribution in [2.45, 2.75) is 36.7 Å². The third kappa shape index (κ3) is 1.64. The molecular formula is C8H15NO7. The van der Waals surface area contributed by atoms with Crippen LogP contribution in [0.1, 0.15) is 6.92 Å². The maximum Gasteiger partial charge on any atom is 0.273 e. The van der Waals surface area contributed by atoms with Gasteiger partial charge in [0.05, 0.1) is 6.61 Å². The van der Waals surface area contributed by atoms with E-state index in [1.165, 1.54) is 0 Å². The molecule has 1 aliphatic heterocycles. The first-order valence-corrected chi connectivity index (χ1v) is 4.58. The highest BCUT2D eigenvalue weighted by Gasteiger charge is 2.64. The van der Waals surface area contributed by atoms with Gasteiger partial charge in [-0.3, -0.25) is 10.5 Å². The fourth-order valence-electron chi connectivity index (χ4n) is 1.56. The fraction of sp³-hybridized carbons (Fsp3) is 0.875. The molecule has 0 unspecified atom stereocenters. The number of ketones is 1. The van der Waals surface area contributed by atoms with Gasteiger partial charge in [0.25, 0.3) is 5.79 Å². The Bertz CT molecular complexity index is 294. The molecule has 8 nitrogen and oxygen atoms in total. The Hall–Kier alpha value is -0.610. The zero-order valence-electron chi connectivity index (χ0n) is 8.57. The summed E-state index contributed by atoms with van der Waals surface area (Å²) in [6, 6.07) is 0. The zero-order valence-corrected chi connectivity index (χ0v) is 8.57. The predicted molar refractivity (Wildman–Crippen MR) is 48.7 cm³/mol. The van der Waals surface area contributed by atoms with Gasteiger partial charge in [0.2, 0.25) is 5.72 Å². The second kappa shape index (κ2) is 4.00. The number of carbonyl (C=O) groups excluding carboxylic acids is 1. The van der Waals surface area contributed by atoms with Gasteiger partial charge in [0.1, 0.15) is 18.3 Å². The lowest BCUT2D eigenvalue weighted by molar-refractivity contribution is -0.367. The first-order valence-electron chi connectivity index (χ1n) is 4.58. The van der Waals surface area contributed by atoms with Crippen molar-refractivity contribution in [3.63, 3.8) is 0 Å². The highest BCUT2D eigenvalue weighted by molar-refractivity contribution is 5.84. The summed E-state index contributed by atoms with van der Waals surface area (Å²) in [5.41, 5.74) is 2.32. The van der Waals surface area contributed by atoms with E-state index in [4.69, 9.17) is 10.8 Å². The van der Waals surface area contributed by atoms with E-state index in [2.05, 4.69) is 4.74 Å². The van der Waals surface area contributed by atoms with Crippen molar-refractivity contribution >= 4 is 5.78 Å². The van der Waals surface area contributed by atoms with Crippen LogP contribution in [0.4, 0.5) is 0 Å². The lowest BCUT2D eigenvalue weighted by Gasteiger charge is -2.49. The van der Waals surface area contributed by atoms with E-state index < -0.39 is 42.2 Å². The van der Waals surface area contributed by atoms with Crippen LogP contribution in [-0.4, -0.2) is 67.7 Å². The lowest BCUT2D eigenvalue weighted by Crippen LogP contribution is -2.79. The molecule has 0 aromatic carbocycles. The first-order chi connectivity index (χ1) is 7.18. The molecule has 8 heteroatoms. The van der Waals surface area contributed by atoms with Crippen LogP contribution in [0.3, 0.4) is 0 Å². The standard InChI is InChI=1S/C8H15NO7/c1-3(11)8(15)7(9,14)6(13)5(12)4(2-10)16-8/h4-6,10,12-15H,2,9H2,1H3/t4-,5+,6+,7+,8-/m1/s1. The third-order valence-corrected chi connectivity index (χ3v) is 2.68. The summed E-state index contributed by atoms with van der Waals surface area (Å²) in [5, 5.41) is 47.0. The Balaban J connectivity index is 3.15. The molecule has 1 rings (SSSR count). The molecule has 1 saturated heterocycles. The minimum absolute atomic E-state index is 0.760. The van der Waals surface area contributed by atoms with Gasteiger partial charge in [-0.05, 0) is 0 Å². The highest BCUT2D eigenvalue weighted by atomic mass is 16.7. The van der Waals surface area contributed by atoms with Gasteiger partial charge in [-0.1, -0.05) is 0 Å². The number of Topliss-reactive ketones (excluding diaryl/α,β-unsaturated/α-hetero) is 1. The van der Waals surface area contributed by atoms with Crippen LogP contribution in [0, 0.1) is 0 Å². The van der Waals surface area contributed by atoms with Crippen LogP contribution in [0.25, 0.3) is 0 Å². The van der Waals surface area contributed by atoms with Crippen LogP contribution in [0.2, 0.25) is 0 Å². The summed E-state index contributed by atoms with van der Waals surface area (Å²) in [5.74, 6) is -3.93. The second-order valence-corrected chi connectivity index (χ2v) is 3.80. The number of hydrogen-bond acceptors (Lipinski definition) is 8. The second-order valence-electron chi connectivity index (χ2n) is 3.80. The SMILES string of the molecule is CC(=O)[C@@]1(O)O[C@H](CO)[C@H](O)[C@H](O)[C@]1(N)O. The minimum atomic E-state index is -2.88. The van der Waals surface area contributed by atoms with Gasteiger partial charge in [0, 0.05) is 6.92 Å². The largest absolute Gasteiger partial charge is 0.394 e. The van der Waals surface area contributed by atoms with Gasteiger partial charge in [-0.25, -0.2) is 0 Å². The average molecular weight is 237 g/mol. The van der Waals surface area contributed by atoms with Gasteiger partial charge in [-0.15, -0.1) is 0 Å². The van der Waals surface area contributed by atoms with Crippen molar-refractivity contribution < 1.29 is 35.1 Å². The number of hydrogen-bond donors (Lipinski definition) is 6. The van der Waals surface area contributed by atoms with Crippen LogP contribution < -0.4 is 5.73 Å². The van der Waals surface area contributed by atoms with E-state index in [-0.39, 0.29) is 0 Å². The van der Waals surface area contributed by atoms with E-state index >= 15 is 0 Å². The quantitative estimate of drug-likeness (QED) is 0.266. The number of nitrogens with two attached hydrogens (primary N) is 1. The molecule has 0 aliphatic carbocycles. The number of rotatable bonds is 2. The zero-order chi connectivity index (χ0) is 12.7. The third-order valence-electron chi connectivity index (χ3n) is 2.68. The Morgan fingerprint density at radius 2 is 1.94 bits per heavy atom. The normalized spacial score (nSPS) is 49.1. The smallest absolute Gasteiger partial charge is 0.273 e.